The Hall–Kier alpha value is -1.59. The summed E-state index contributed by atoms with van der Waals surface area (Å²) in [6, 6.07) is 0. The van der Waals surface area contributed by atoms with Gasteiger partial charge in [-0.1, -0.05) is 253 Å². The van der Waals surface area contributed by atoms with Crippen molar-refractivity contribution in [2.75, 3.05) is 13.2 Å². The third-order valence-electron chi connectivity index (χ3n) is 12.0. The van der Waals surface area contributed by atoms with Gasteiger partial charge in [-0.3, -0.25) is 14.4 Å². The van der Waals surface area contributed by atoms with Gasteiger partial charge in [-0.25, -0.2) is 0 Å². The van der Waals surface area contributed by atoms with Crippen molar-refractivity contribution in [1.29, 1.82) is 0 Å². The number of hydrogen-bond acceptors (Lipinski definition) is 6. The lowest BCUT2D eigenvalue weighted by molar-refractivity contribution is -0.167. The second kappa shape index (κ2) is 45.9. The molecule has 0 rings (SSSR count). The molecular formula is C53H102O6. The van der Waals surface area contributed by atoms with Crippen molar-refractivity contribution in [2.45, 2.75) is 298 Å². The van der Waals surface area contributed by atoms with E-state index < -0.39 is 6.10 Å². The van der Waals surface area contributed by atoms with E-state index in [-0.39, 0.29) is 31.1 Å². The Morgan fingerprint density at radius 1 is 0.322 bits per heavy atom. The minimum atomic E-state index is -0.761. The standard InChI is InChI=1S/C53H102O6/c1-6-7-8-9-10-11-12-13-17-21-24-29-35-40-45-53(56)59-50(47-58-52(55)44-39-34-30-25-27-32-37-42-49(4)5)46-57-51(54)43-38-33-28-23-20-18-15-14-16-19-22-26-31-36-41-48(2)3/h48-50H,6-47H2,1-5H3/t50-/m0/s1. The summed E-state index contributed by atoms with van der Waals surface area (Å²) < 4.78 is 16.8. The molecule has 0 aromatic carbocycles. The fraction of sp³-hybridized carbons (Fsp3) is 0.943. The van der Waals surface area contributed by atoms with Crippen LogP contribution in [-0.4, -0.2) is 37.2 Å². The van der Waals surface area contributed by atoms with Crippen LogP contribution in [0.3, 0.4) is 0 Å². The molecule has 6 nitrogen and oxygen atoms in total. The van der Waals surface area contributed by atoms with E-state index >= 15 is 0 Å². The lowest BCUT2D eigenvalue weighted by Gasteiger charge is -2.18. The molecule has 0 unspecified atom stereocenters. The van der Waals surface area contributed by atoms with E-state index in [1.165, 1.54) is 180 Å². The second-order valence-corrected chi connectivity index (χ2v) is 19.1. The first-order valence-corrected chi connectivity index (χ1v) is 26.2. The van der Waals surface area contributed by atoms with Gasteiger partial charge in [-0.05, 0) is 31.1 Å². The molecule has 0 amide bonds. The Morgan fingerprint density at radius 3 is 0.831 bits per heavy atom. The maximum atomic E-state index is 12.8. The number of unbranched alkanes of at least 4 members (excludes halogenated alkanes) is 32. The van der Waals surface area contributed by atoms with Crippen molar-refractivity contribution in [1.82, 2.24) is 0 Å². The molecule has 0 fully saturated rings. The van der Waals surface area contributed by atoms with Crippen LogP contribution in [0, 0.1) is 11.8 Å². The maximum Gasteiger partial charge on any atom is 0.306 e. The minimum absolute atomic E-state index is 0.0640. The van der Waals surface area contributed by atoms with Crippen molar-refractivity contribution < 1.29 is 28.6 Å². The maximum absolute atomic E-state index is 12.8. The van der Waals surface area contributed by atoms with E-state index in [9.17, 15) is 14.4 Å². The van der Waals surface area contributed by atoms with Gasteiger partial charge in [0.1, 0.15) is 13.2 Å². The molecule has 0 radical (unpaired) electrons. The highest BCUT2D eigenvalue weighted by Gasteiger charge is 2.19. The quantitative estimate of drug-likeness (QED) is 0.0345. The largest absolute Gasteiger partial charge is 0.462 e. The van der Waals surface area contributed by atoms with E-state index in [0.29, 0.717) is 19.3 Å². The third kappa shape index (κ3) is 47.3. The second-order valence-electron chi connectivity index (χ2n) is 19.1. The fourth-order valence-electron chi connectivity index (χ4n) is 7.99. The molecule has 0 spiro atoms. The number of ether oxygens (including phenoxy) is 3. The zero-order valence-electron chi connectivity index (χ0n) is 40.4. The normalized spacial score (nSPS) is 12.1. The zero-order chi connectivity index (χ0) is 43.3. The van der Waals surface area contributed by atoms with E-state index in [1.807, 2.05) is 0 Å². The summed E-state index contributed by atoms with van der Waals surface area (Å²) in [6.45, 7) is 11.3. The number of rotatable bonds is 47. The Morgan fingerprint density at radius 2 is 0.559 bits per heavy atom. The highest BCUT2D eigenvalue weighted by Crippen LogP contribution is 2.17. The number of esters is 3. The van der Waals surface area contributed by atoms with Crippen LogP contribution in [0.15, 0.2) is 0 Å². The number of carbonyl (C=O) groups is 3. The average Bonchev–Trinajstić information content (AvgIpc) is 3.20. The van der Waals surface area contributed by atoms with Crippen LogP contribution in [-0.2, 0) is 28.6 Å². The summed E-state index contributed by atoms with van der Waals surface area (Å²) in [7, 11) is 0. The van der Waals surface area contributed by atoms with Gasteiger partial charge in [-0.2, -0.15) is 0 Å². The first kappa shape index (κ1) is 57.4. The number of hydrogen-bond donors (Lipinski definition) is 0. The SMILES string of the molecule is CCCCCCCCCCCCCCCCC(=O)O[C@@H](COC(=O)CCCCCCCCCCCCCCCCC(C)C)COC(=O)CCCCCCCCCC(C)C. The van der Waals surface area contributed by atoms with Gasteiger partial charge in [0, 0.05) is 19.3 Å². The van der Waals surface area contributed by atoms with E-state index in [2.05, 4.69) is 34.6 Å². The Bertz CT molecular complexity index is 900. The van der Waals surface area contributed by atoms with Crippen molar-refractivity contribution in [3.63, 3.8) is 0 Å². The van der Waals surface area contributed by atoms with Gasteiger partial charge in [0.05, 0.1) is 0 Å². The molecular weight excluding hydrogens is 733 g/mol. The van der Waals surface area contributed by atoms with Gasteiger partial charge in [0.25, 0.3) is 0 Å². The molecule has 59 heavy (non-hydrogen) atoms. The highest BCUT2D eigenvalue weighted by atomic mass is 16.6. The smallest absolute Gasteiger partial charge is 0.306 e. The molecule has 0 aliphatic carbocycles. The third-order valence-corrected chi connectivity index (χ3v) is 12.0. The number of carbonyl (C=O) groups excluding carboxylic acids is 3. The lowest BCUT2D eigenvalue weighted by atomic mass is 10.0. The van der Waals surface area contributed by atoms with Crippen molar-refractivity contribution in [3.8, 4) is 0 Å². The molecule has 350 valence electrons. The minimum Gasteiger partial charge on any atom is -0.462 e. The highest BCUT2D eigenvalue weighted by molar-refractivity contribution is 5.71. The van der Waals surface area contributed by atoms with Crippen LogP contribution in [0.2, 0.25) is 0 Å². The van der Waals surface area contributed by atoms with Crippen LogP contribution in [0.25, 0.3) is 0 Å². The summed E-state index contributed by atoms with van der Waals surface area (Å²) in [5.41, 5.74) is 0. The van der Waals surface area contributed by atoms with Crippen LogP contribution >= 0.6 is 0 Å². The van der Waals surface area contributed by atoms with Crippen molar-refractivity contribution in [3.05, 3.63) is 0 Å². The first-order chi connectivity index (χ1) is 28.7. The van der Waals surface area contributed by atoms with Crippen LogP contribution < -0.4 is 0 Å². The van der Waals surface area contributed by atoms with Crippen LogP contribution in [0.1, 0.15) is 291 Å². The monoisotopic (exact) mass is 835 g/mol. The molecule has 0 aromatic heterocycles. The van der Waals surface area contributed by atoms with Crippen LogP contribution in [0.4, 0.5) is 0 Å². The fourth-order valence-corrected chi connectivity index (χ4v) is 7.99. The molecule has 0 saturated carbocycles. The van der Waals surface area contributed by atoms with E-state index in [1.54, 1.807) is 0 Å². The summed E-state index contributed by atoms with van der Waals surface area (Å²) in [5.74, 6) is 0.777. The van der Waals surface area contributed by atoms with Gasteiger partial charge in [0.15, 0.2) is 6.10 Å². The lowest BCUT2D eigenvalue weighted by Crippen LogP contribution is -2.30. The molecule has 0 aromatic rings. The van der Waals surface area contributed by atoms with E-state index in [4.69, 9.17) is 14.2 Å². The average molecular weight is 835 g/mol. The molecule has 0 aliphatic rings. The van der Waals surface area contributed by atoms with Gasteiger partial charge in [0.2, 0.25) is 0 Å². The summed E-state index contributed by atoms with van der Waals surface area (Å²) in [6.07, 6.45) is 46.7. The molecule has 0 heterocycles. The Labute approximate surface area is 368 Å². The zero-order valence-corrected chi connectivity index (χ0v) is 40.4. The van der Waals surface area contributed by atoms with Gasteiger partial charge in [-0.15, -0.1) is 0 Å². The predicted molar refractivity (Wildman–Crippen MR) is 252 cm³/mol. The molecule has 0 N–H and O–H groups in total. The molecule has 6 heteroatoms. The van der Waals surface area contributed by atoms with Gasteiger partial charge < -0.3 is 14.2 Å². The molecule has 0 saturated heterocycles. The summed E-state index contributed by atoms with van der Waals surface area (Å²) >= 11 is 0. The topological polar surface area (TPSA) is 78.9 Å². The predicted octanol–water partition coefficient (Wildman–Crippen LogP) is 16.9. The van der Waals surface area contributed by atoms with E-state index in [0.717, 1.165) is 69.6 Å². The Kier molecular flexibility index (Phi) is 44.7. The van der Waals surface area contributed by atoms with Crippen LogP contribution in [0.5, 0.6) is 0 Å². The molecule has 1 atom stereocenters. The molecule has 0 bridgehead atoms. The van der Waals surface area contributed by atoms with Gasteiger partial charge >= 0.3 is 17.9 Å². The summed E-state index contributed by atoms with van der Waals surface area (Å²) in [5, 5.41) is 0. The Balaban J connectivity index is 4.27. The first-order valence-electron chi connectivity index (χ1n) is 26.2. The van der Waals surface area contributed by atoms with Crippen molar-refractivity contribution >= 4 is 17.9 Å². The summed E-state index contributed by atoms with van der Waals surface area (Å²) in [4.78, 5) is 37.9. The molecule has 0 aliphatic heterocycles. The van der Waals surface area contributed by atoms with Crippen molar-refractivity contribution in [2.24, 2.45) is 11.8 Å².